The van der Waals surface area contributed by atoms with Gasteiger partial charge in [0.05, 0.1) is 6.54 Å². The van der Waals surface area contributed by atoms with E-state index in [0.29, 0.717) is 16.6 Å². The lowest BCUT2D eigenvalue weighted by Gasteiger charge is -2.34. The first-order chi connectivity index (χ1) is 13.5. The first-order valence-electron chi connectivity index (χ1n) is 9.47. The minimum Gasteiger partial charge on any atom is -0.319 e. The number of carbonyl (C=O) groups excluding carboxylic acids is 1. The highest BCUT2D eigenvalue weighted by molar-refractivity contribution is 9.10. The van der Waals surface area contributed by atoms with Crippen molar-refractivity contribution < 1.29 is 9.18 Å². The summed E-state index contributed by atoms with van der Waals surface area (Å²) in [6, 6.07) is 14.1. The van der Waals surface area contributed by atoms with Gasteiger partial charge in [0.2, 0.25) is 0 Å². The summed E-state index contributed by atoms with van der Waals surface area (Å²) in [7, 11) is 2.12. The van der Waals surface area contributed by atoms with E-state index in [0.717, 1.165) is 38.4 Å². The van der Waals surface area contributed by atoms with Crippen molar-refractivity contribution in [3.8, 4) is 0 Å². The number of benzene rings is 2. The fourth-order valence-electron chi connectivity index (χ4n) is 3.17. The fourth-order valence-corrected chi connectivity index (χ4v) is 3.50. The molecule has 0 spiro atoms. The van der Waals surface area contributed by atoms with Gasteiger partial charge in [0, 0.05) is 55.0 Å². The molecule has 2 aromatic rings. The Balaban J connectivity index is 1.68. The van der Waals surface area contributed by atoms with Crippen molar-refractivity contribution in [1.29, 1.82) is 0 Å². The molecule has 1 heterocycles. The SMILES string of the molecule is CN1CCN(CCN(Cc2ccc(Br)cc2F)C(=O)Nc2ccccc2)CC1. The van der Waals surface area contributed by atoms with Crippen molar-refractivity contribution in [3.05, 3.63) is 64.4 Å². The summed E-state index contributed by atoms with van der Waals surface area (Å²) >= 11 is 3.28. The molecule has 5 nitrogen and oxygen atoms in total. The Bertz CT molecular complexity index is 781. The van der Waals surface area contributed by atoms with Gasteiger partial charge < -0.3 is 15.1 Å². The Morgan fingerprint density at radius 1 is 1.14 bits per heavy atom. The standard InChI is InChI=1S/C21H26BrFN4O/c1-25-9-11-26(12-10-25)13-14-27(16-17-7-8-18(22)15-20(17)23)21(28)24-19-5-3-2-4-6-19/h2-8,15H,9-14,16H2,1H3,(H,24,28). The van der Waals surface area contributed by atoms with Gasteiger partial charge in [-0.1, -0.05) is 40.2 Å². The Morgan fingerprint density at radius 3 is 2.54 bits per heavy atom. The van der Waals surface area contributed by atoms with Crippen LogP contribution in [-0.2, 0) is 6.54 Å². The second-order valence-electron chi connectivity index (χ2n) is 7.10. The average Bonchev–Trinajstić information content (AvgIpc) is 2.68. The molecule has 1 saturated heterocycles. The maximum absolute atomic E-state index is 14.3. The number of nitrogens with zero attached hydrogens (tertiary/aromatic N) is 3. The number of rotatable bonds is 6. The van der Waals surface area contributed by atoms with Crippen LogP contribution in [0.15, 0.2) is 53.0 Å². The van der Waals surface area contributed by atoms with E-state index in [4.69, 9.17) is 0 Å². The molecule has 0 radical (unpaired) electrons. The van der Waals surface area contributed by atoms with Crippen molar-refractivity contribution in [2.75, 3.05) is 51.6 Å². The van der Waals surface area contributed by atoms with E-state index in [2.05, 4.69) is 38.1 Å². The number of halogens is 2. The topological polar surface area (TPSA) is 38.8 Å². The van der Waals surface area contributed by atoms with Gasteiger partial charge in [-0.3, -0.25) is 4.90 Å². The van der Waals surface area contributed by atoms with Crippen LogP contribution in [-0.4, -0.2) is 67.0 Å². The van der Waals surface area contributed by atoms with Crippen LogP contribution in [0.2, 0.25) is 0 Å². The zero-order valence-corrected chi connectivity index (χ0v) is 17.7. The molecule has 1 aliphatic heterocycles. The Morgan fingerprint density at radius 2 is 1.86 bits per heavy atom. The minimum atomic E-state index is -0.313. The van der Waals surface area contributed by atoms with Crippen molar-refractivity contribution in [3.63, 3.8) is 0 Å². The predicted molar refractivity (Wildman–Crippen MR) is 114 cm³/mol. The minimum absolute atomic E-state index is 0.220. The van der Waals surface area contributed by atoms with Crippen LogP contribution in [0.4, 0.5) is 14.9 Å². The zero-order valence-electron chi connectivity index (χ0n) is 16.1. The molecule has 1 N–H and O–H groups in total. The van der Waals surface area contributed by atoms with Gasteiger partial charge in [0.25, 0.3) is 0 Å². The van der Waals surface area contributed by atoms with E-state index < -0.39 is 0 Å². The Hall–Kier alpha value is -1.96. The first-order valence-corrected chi connectivity index (χ1v) is 10.3. The highest BCUT2D eigenvalue weighted by Crippen LogP contribution is 2.18. The molecule has 0 bridgehead atoms. The third-order valence-corrected chi connectivity index (χ3v) is 5.46. The molecule has 3 rings (SSSR count). The van der Waals surface area contributed by atoms with Crippen LogP contribution in [0.25, 0.3) is 0 Å². The van der Waals surface area contributed by atoms with Crippen molar-refractivity contribution in [2.24, 2.45) is 0 Å². The van der Waals surface area contributed by atoms with Gasteiger partial charge in [-0.15, -0.1) is 0 Å². The molecule has 0 aromatic heterocycles. The number of carbonyl (C=O) groups is 1. The summed E-state index contributed by atoms with van der Waals surface area (Å²) in [6.07, 6.45) is 0. The number of nitrogens with one attached hydrogen (secondary N) is 1. The van der Waals surface area contributed by atoms with E-state index >= 15 is 0 Å². The van der Waals surface area contributed by atoms with E-state index in [1.807, 2.05) is 30.3 Å². The maximum atomic E-state index is 14.3. The number of piperazine rings is 1. The summed E-state index contributed by atoms with van der Waals surface area (Å²) in [5.41, 5.74) is 1.23. The lowest BCUT2D eigenvalue weighted by molar-refractivity contribution is 0.138. The lowest BCUT2D eigenvalue weighted by Crippen LogP contribution is -2.48. The summed E-state index contributed by atoms with van der Waals surface area (Å²) in [6.45, 7) is 5.56. The molecule has 0 saturated carbocycles. The summed E-state index contributed by atoms with van der Waals surface area (Å²) in [4.78, 5) is 19.2. The molecule has 0 atom stereocenters. The van der Waals surface area contributed by atoms with E-state index in [-0.39, 0.29) is 18.4 Å². The van der Waals surface area contributed by atoms with Gasteiger partial charge in [0.15, 0.2) is 0 Å². The van der Waals surface area contributed by atoms with E-state index in [1.54, 1.807) is 17.0 Å². The molecule has 150 valence electrons. The smallest absolute Gasteiger partial charge is 0.319 e. The van der Waals surface area contributed by atoms with Gasteiger partial charge in [-0.25, -0.2) is 9.18 Å². The van der Waals surface area contributed by atoms with Gasteiger partial charge in [-0.2, -0.15) is 0 Å². The zero-order chi connectivity index (χ0) is 19.9. The lowest BCUT2D eigenvalue weighted by atomic mass is 10.2. The fraction of sp³-hybridized carbons (Fsp3) is 0.381. The normalized spacial score (nSPS) is 15.4. The molecular formula is C21H26BrFN4O. The third-order valence-electron chi connectivity index (χ3n) is 4.97. The number of para-hydroxylation sites is 1. The number of hydrogen-bond donors (Lipinski definition) is 1. The summed E-state index contributed by atoms with van der Waals surface area (Å²) in [5, 5.41) is 2.92. The number of hydrogen-bond acceptors (Lipinski definition) is 3. The molecule has 1 aliphatic rings. The van der Waals surface area contributed by atoms with Crippen molar-refractivity contribution in [1.82, 2.24) is 14.7 Å². The molecule has 2 amide bonds. The summed E-state index contributed by atoms with van der Waals surface area (Å²) < 4.78 is 15.0. The number of likely N-dealkylation sites (N-methyl/N-ethyl adjacent to an activating group) is 1. The largest absolute Gasteiger partial charge is 0.322 e. The highest BCUT2D eigenvalue weighted by atomic mass is 79.9. The molecule has 28 heavy (non-hydrogen) atoms. The van der Waals surface area contributed by atoms with Crippen LogP contribution in [0.1, 0.15) is 5.56 Å². The Labute approximate surface area is 174 Å². The molecule has 2 aromatic carbocycles. The highest BCUT2D eigenvalue weighted by Gasteiger charge is 2.19. The molecular weight excluding hydrogens is 423 g/mol. The van der Waals surface area contributed by atoms with Gasteiger partial charge in [-0.05, 0) is 31.3 Å². The van der Waals surface area contributed by atoms with Crippen LogP contribution < -0.4 is 5.32 Å². The number of amides is 2. The number of urea groups is 1. The monoisotopic (exact) mass is 448 g/mol. The first kappa shape index (κ1) is 20.8. The molecule has 0 aliphatic carbocycles. The van der Waals surface area contributed by atoms with Crippen LogP contribution >= 0.6 is 15.9 Å². The third kappa shape index (κ3) is 6.02. The van der Waals surface area contributed by atoms with Crippen LogP contribution in [0.5, 0.6) is 0 Å². The quantitative estimate of drug-likeness (QED) is 0.728. The molecule has 1 fully saturated rings. The van der Waals surface area contributed by atoms with Crippen molar-refractivity contribution in [2.45, 2.75) is 6.54 Å². The second kappa shape index (κ2) is 10.0. The Kier molecular flexibility index (Phi) is 7.42. The average molecular weight is 449 g/mol. The van der Waals surface area contributed by atoms with Crippen molar-refractivity contribution >= 4 is 27.6 Å². The van der Waals surface area contributed by atoms with E-state index in [9.17, 15) is 9.18 Å². The molecule has 7 heteroatoms. The summed E-state index contributed by atoms with van der Waals surface area (Å²) in [5.74, 6) is -0.313. The van der Waals surface area contributed by atoms with Crippen LogP contribution in [0.3, 0.4) is 0 Å². The maximum Gasteiger partial charge on any atom is 0.322 e. The number of anilines is 1. The van der Waals surface area contributed by atoms with Crippen LogP contribution in [0, 0.1) is 5.82 Å². The predicted octanol–water partition coefficient (Wildman–Crippen LogP) is 3.87. The van der Waals surface area contributed by atoms with Gasteiger partial charge >= 0.3 is 6.03 Å². The van der Waals surface area contributed by atoms with E-state index in [1.165, 1.54) is 6.07 Å². The molecule has 0 unspecified atom stereocenters. The van der Waals surface area contributed by atoms with Gasteiger partial charge in [0.1, 0.15) is 5.82 Å². The second-order valence-corrected chi connectivity index (χ2v) is 8.01.